The van der Waals surface area contributed by atoms with E-state index in [1.54, 1.807) is 24.4 Å². The molecule has 0 aliphatic carbocycles. The summed E-state index contributed by atoms with van der Waals surface area (Å²) in [5, 5.41) is 30.0. The zero-order valence-electron chi connectivity index (χ0n) is 21.1. The zero-order valence-corrected chi connectivity index (χ0v) is 21.9. The van der Waals surface area contributed by atoms with E-state index in [0.717, 1.165) is 17.4 Å². The van der Waals surface area contributed by atoms with Gasteiger partial charge in [-0.05, 0) is 53.5 Å². The fourth-order valence-electron chi connectivity index (χ4n) is 4.87. The first kappa shape index (κ1) is 27.1. The van der Waals surface area contributed by atoms with Crippen LogP contribution in [-0.2, 0) is 19.1 Å². The number of benzene rings is 2. The van der Waals surface area contributed by atoms with Crippen molar-refractivity contribution in [2.75, 3.05) is 26.7 Å². The second-order valence-corrected chi connectivity index (χ2v) is 10.5. The number of thiazole rings is 1. The molecule has 1 saturated heterocycles. The molecule has 0 unspecified atom stereocenters. The van der Waals surface area contributed by atoms with Gasteiger partial charge in [0.15, 0.2) is 0 Å². The Morgan fingerprint density at radius 3 is 2.64 bits per heavy atom. The number of likely N-dealkylation sites (tertiary alicyclic amines) is 1. The Bertz CT molecular complexity index is 1590. The molecular weight excluding hydrogens is 533 g/mol. The van der Waals surface area contributed by atoms with Crippen LogP contribution >= 0.6 is 11.3 Å². The maximum absolute atomic E-state index is 14.0. The van der Waals surface area contributed by atoms with E-state index in [1.165, 1.54) is 23.8 Å². The Morgan fingerprint density at radius 1 is 1.15 bits per heavy atom. The van der Waals surface area contributed by atoms with Crippen molar-refractivity contribution in [3.05, 3.63) is 78.2 Å². The highest BCUT2D eigenvalue weighted by Crippen LogP contribution is 2.37. The first-order valence-electron chi connectivity index (χ1n) is 12.5. The quantitative estimate of drug-likeness (QED) is 0.463. The first-order valence-corrected chi connectivity index (χ1v) is 13.3. The van der Waals surface area contributed by atoms with Crippen molar-refractivity contribution < 1.29 is 28.1 Å². The Labute approximate surface area is 225 Å². The molecule has 0 amide bonds. The third-order valence-electron chi connectivity index (χ3n) is 7.07. The molecule has 0 spiro atoms. The van der Waals surface area contributed by atoms with Gasteiger partial charge in [0.2, 0.25) is 5.88 Å². The molecule has 0 bridgehead atoms. The molecule has 12 heteroatoms. The van der Waals surface area contributed by atoms with Gasteiger partial charge in [0.1, 0.15) is 5.75 Å². The van der Waals surface area contributed by atoms with Crippen LogP contribution in [0.15, 0.2) is 51.4 Å². The number of nitrogens with zero attached hydrogens (tertiary/aromatic N) is 4. The summed E-state index contributed by atoms with van der Waals surface area (Å²) in [6, 6.07) is 8.92. The molecule has 1 fully saturated rings. The van der Waals surface area contributed by atoms with E-state index >= 15 is 0 Å². The van der Waals surface area contributed by atoms with Crippen molar-refractivity contribution in [2.45, 2.75) is 38.1 Å². The number of ether oxygens (including phenoxy) is 1. The fraction of sp³-hybridized carbons (Fsp3) is 0.370. The van der Waals surface area contributed by atoms with E-state index in [-0.39, 0.29) is 41.1 Å². The number of methoxy groups -OCH3 is 1. The molecule has 206 valence electrons. The minimum Gasteiger partial charge on any atom is -0.497 e. The minimum absolute atomic E-state index is 0.0178. The highest BCUT2D eigenvalue weighted by molar-refractivity contribution is 7.10. The Kier molecular flexibility index (Phi) is 7.61. The summed E-state index contributed by atoms with van der Waals surface area (Å²) in [6.45, 7) is 2.09. The number of aromatic hydroxyl groups is 1. The van der Waals surface area contributed by atoms with Gasteiger partial charge in [-0.25, -0.2) is 0 Å². The van der Waals surface area contributed by atoms with Crippen LogP contribution in [0.1, 0.15) is 34.4 Å². The number of aromatic nitrogens is 1. The molecule has 2 aliphatic heterocycles. The van der Waals surface area contributed by atoms with Crippen LogP contribution < -0.4 is 20.2 Å². The molecule has 1 aromatic heterocycles. The second-order valence-electron chi connectivity index (χ2n) is 9.54. The van der Waals surface area contributed by atoms with Crippen molar-refractivity contribution >= 4 is 23.1 Å². The van der Waals surface area contributed by atoms with Gasteiger partial charge >= 0.3 is 11.0 Å². The number of hydrogen-bond acceptors (Lipinski definition) is 8. The van der Waals surface area contributed by atoms with E-state index in [1.807, 2.05) is 0 Å². The number of halogens is 3. The number of piperidine rings is 1. The van der Waals surface area contributed by atoms with Crippen LogP contribution in [0.4, 0.5) is 13.2 Å². The van der Waals surface area contributed by atoms with Gasteiger partial charge in [-0.3, -0.25) is 9.36 Å². The third kappa shape index (κ3) is 5.77. The largest absolute Gasteiger partial charge is 0.497 e. The second kappa shape index (κ2) is 10.9. The van der Waals surface area contributed by atoms with Gasteiger partial charge in [0, 0.05) is 38.2 Å². The summed E-state index contributed by atoms with van der Waals surface area (Å²) in [7, 11) is 1.30. The van der Waals surface area contributed by atoms with Crippen LogP contribution in [0, 0.1) is 0 Å². The van der Waals surface area contributed by atoms with Crippen molar-refractivity contribution in [1.29, 1.82) is 0 Å². The summed E-state index contributed by atoms with van der Waals surface area (Å²) in [5.74, 6) is -0.204. The van der Waals surface area contributed by atoms with Crippen LogP contribution in [0.25, 0.3) is 5.57 Å². The van der Waals surface area contributed by atoms with Gasteiger partial charge in [-0.1, -0.05) is 23.5 Å². The summed E-state index contributed by atoms with van der Waals surface area (Å²) >= 11 is 0.803. The molecule has 2 aliphatic rings. The first-order chi connectivity index (χ1) is 18.6. The molecule has 2 N–H and O–H groups in total. The SMILES string of the molecule is COc1ccc(CC(c2sc(=O)n(CCN3CCC(O)CC3)c2O)=c2ccc3c(c2)C=NN=3)c(C(F)(F)F)c1. The van der Waals surface area contributed by atoms with Gasteiger partial charge in [0.25, 0.3) is 0 Å². The molecule has 8 nitrogen and oxygen atoms in total. The lowest BCUT2D eigenvalue weighted by Gasteiger charge is -2.29. The van der Waals surface area contributed by atoms with Crippen LogP contribution in [-0.4, -0.2) is 58.7 Å². The number of fused-ring (bicyclic) bond motifs is 1. The molecule has 3 heterocycles. The lowest BCUT2D eigenvalue weighted by molar-refractivity contribution is -0.138. The van der Waals surface area contributed by atoms with Crippen molar-refractivity contribution in [1.82, 2.24) is 9.47 Å². The highest BCUT2D eigenvalue weighted by atomic mass is 32.1. The predicted molar refractivity (Wildman–Crippen MR) is 141 cm³/mol. The zero-order chi connectivity index (χ0) is 27.7. The number of aliphatic hydroxyl groups is 1. The van der Waals surface area contributed by atoms with Crippen LogP contribution in [0.2, 0.25) is 0 Å². The average Bonchev–Trinajstić information content (AvgIpc) is 3.49. The standard InChI is InChI=1S/C27H27F3N4O4S/c1-38-20-4-2-17(22(14-20)27(28,29)30)13-21(16-3-5-23-18(12-16)15-31-32-23)24-25(36)34(26(37)39-24)11-10-33-8-6-19(35)7-9-33/h2-5,12,14-15,19,35-36H,6-11,13H2,1H3. The Balaban J connectivity index is 1.58. The third-order valence-corrected chi connectivity index (χ3v) is 8.10. The van der Waals surface area contributed by atoms with E-state index in [4.69, 9.17) is 4.74 Å². The smallest absolute Gasteiger partial charge is 0.416 e. The molecule has 3 aromatic rings. The molecule has 0 atom stereocenters. The lowest BCUT2D eigenvalue weighted by Crippen LogP contribution is -2.38. The summed E-state index contributed by atoms with van der Waals surface area (Å²) in [5.41, 5.74) is 0.203. The fourth-order valence-corrected chi connectivity index (χ4v) is 5.85. The molecular formula is C27H27F3N4O4S. The van der Waals surface area contributed by atoms with Crippen LogP contribution in [0.5, 0.6) is 11.6 Å². The summed E-state index contributed by atoms with van der Waals surface area (Å²) in [4.78, 5) is 14.9. The highest BCUT2D eigenvalue weighted by Gasteiger charge is 2.34. The Hall–Kier alpha value is -3.48. The maximum Gasteiger partial charge on any atom is 0.416 e. The number of rotatable bonds is 7. The molecule has 39 heavy (non-hydrogen) atoms. The van der Waals surface area contributed by atoms with E-state index < -0.39 is 16.6 Å². The maximum atomic E-state index is 14.0. The summed E-state index contributed by atoms with van der Waals surface area (Å²) in [6.07, 6.45) is -2.32. The average molecular weight is 561 g/mol. The Morgan fingerprint density at radius 2 is 1.92 bits per heavy atom. The van der Waals surface area contributed by atoms with Gasteiger partial charge in [-0.15, -0.1) is 0 Å². The summed E-state index contributed by atoms with van der Waals surface area (Å²) < 4.78 is 48.4. The van der Waals surface area contributed by atoms with Crippen molar-refractivity contribution in [3.8, 4) is 11.6 Å². The lowest BCUT2D eigenvalue weighted by atomic mass is 9.96. The van der Waals surface area contributed by atoms with Crippen LogP contribution in [0.3, 0.4) is 0 Å². The van der Waals surface area contributed by atoms with Crippen molar-refractivity contribution in [3.63, 3.8) is 0 Å². The number of aliphatic hydroxyl groups excluding tert-OH is 1. The van der Waals surface area contributed by atoms with E-state index in [9.17, 15) is 28.2 Å². The topological polar surface area (TPSA) is 99.7 Å². The van der Waals surface area contributed by atoms with Crippen molar-refractivity contribution in [2.24, 2.45) is 10.2 Å². The van der Waals surface area contributed by atoms with Gasteiger partial charge in [0.05, 0.1) is 35.2 Å². The number of alkyl halides is 3. The minimum atomic E-state index is -4.64. The predicted octanol–water partition coefficient (Wildman–Crippen LogP) is 2.51. The number of hydrogen-bond donors (Lipinski definition) is 2. The van der Waals surface area contributed by atoms with E-state index in [0.29, 0.717) is 54.2 Å². The molecule has 0 radical (unpaired) electrons. The van der Waals surface area contributed by atoms with Gasteiger partial charge in [-0.2, -0.15) is 23.4 Å². The normalized spacial score (nSPS) is 16.7. The van der Waals surface area contributed by atoms with E-state index in [2.05, 4.69) is 15.1 Å². The molecule has 0 saturated carbocycles. The molecule has 5 rings (SSSR count). The monoisotopic (exact) mass is 560 g/mol. The van der Waals surface area contributed by atoms with Gasteiger partial charge < -0.3 is 19.8 Å². The molecule has 2 aromatic carbocycles.